The molecule has 6 heteroatoms. The molecule has 144 valence electrons. The van der Waals surface area contributed by atoms with Gasteiger partial charge in [-0.1, -0.05) is 30.3 Å². The van der Waals surface area contributed by atoms with Gasteiger partial charge in [0.05, 0.1) is 13.7 Å². The number of ether oxygens (including phenoxy) is 1. The van der Waals surface area contributed by atoms with Crippen LogP contribution >= 0.6 is 0 Å². The summed E-state index contributed by atoms with van der Waals surface area (Å²) in [5.74, 6) is 1.59. The van der Waals surface area contributed by atoms with Gasteiger partial charge in [0, 0.05) is 38.3 Å². The minimum atomic E-state index is -0.0828. The van der Waals surface area contributed by atoms with Gasteiger partial charge in [0.1, 0.15) is 5.75 Å². The maximum atomic E-state index is 11.2. The Kier molecular flexibility index (Phi) is 7.67. The van der Waals surface area contributed by atoms with E-state index in [1.54, 1.807) is 7.11 Å². The highest BCUT2D eigenvalue weighted by Crippen LogP contribution is 2.19. The number of guanidine groups is 1. The van der Waals surface area contributed by atoms with Gasteiger partial charge in [0.2, 0.25) is 5.91 Å². The first-order valence-electron chi connectivity index (χ1n) is 9.01. The lowest BCUT2D eigenvalue weighted by molar-refractivity contribution is -0.114. The highest BCUT2D eigenvalue weighted by molar-refractivity contribution is 5.88. The summed E-state index contributed by atoms with van der Waals surface area (Å²) in [6.45, 7) is 5.53. The van der Waals surface area contributed by atoms with E-state index in [0.717, 1.165) is 35.1 Å². The standard InChI is InChI=1S/C21H28N4O2/c1-5-22-21(25(3)15-18-10-6-7-12-20(18)27-4)23-14-17-9-8-11-19(13-17)24-16(2)26/h6-13H,5,14-15H2,1-4H3,(H,22,23)(H,24,26). The molecule has 1 amide bonds. The molecule has 0 unspecified atom stereocenters. The first-order chi connectivity index (χ1) is 13.0. The summed E-state index contributed by atoms with van der Waals surface area (Å²) in [6, 6.07) is 15.7. The molecule has 0 radical (unpaired) electrons. The molecule has 0 bridgehead atoms. The molecule has 27 heavy (non-hydrogen) atoms. The lowest BCUT2D eigenvalue weighted by Crippen LogP contribution is -2.38. The monoisotopic (exact) mass is 368 g/mol. The molecule has 0 heterocycles. The quantitative estimate of drug-likeness (QED) is 0.582. The maximum absolute atomic E-state index is 11.2. The number of hydrogen-bond acceptors (Lipinski definition) is 3. The normalized spacial score (nSPS) is 11.0. The molecule has 2 N–H and O–H groups in total. The number of amides is 1. The summed E-state index contributed by atoms with van der Waals surface area (Å²) >= 11 is 0. The number of benzene rings is 2. The Bertz CT molecular complexity index is 789. The van der Waals surface area contributed by atoms with Gasteiger partial charge in [-0.05, 0) is 30.7 Å². The van der Waals surface area contributed by atoms with Gasteiger partial charge in [0.25, 0.3) is 0 Å². The highest BCUT2D eigenvalue weighted by Gasteiger charge is 2.10. The van der Waals surface area contributed by atoms with E-state index in [1.807, 2.05) is 56.4 Å². The van der Waals surface area contributed by atoms with Crippen LogP contribution in [0.5, 0.6) is 5.75 Å². The second-order valence-electron chi connectivity index (χ2n) is 6.22. The van der Waals surface area contributed by atoms with Gasteiger partial charge in [-0.3, -0.25) is 4.79 Å². The van der Waals surface area contributed by atoms with Gasteiger partial charge >= 0.3 is 0 Å². The van der Waals surface area contributed by atoms with E-state index >= 15 is 0 Å². The molecule has 0 fully saturated rings. The Hall–Kier alpha value is -3.02. The van der Waals surface area contributed by atoms with E-state index in [0.29, 0.717) is 13.1 Å². The lowest BCUT2D eigenvalue weighted by Gasteiger charge is -2.23. The molecule has 0 aliphatic carbocycles. The second kappa shape index (κ2) is 10.2. The number of methoxy groups -OCH3 is 1. The van der Waals surface area contributed by atoms with Crippen molar-refractivity contribution >= 4 is 17.6 Å². The van der Waals surface area contributed by atoms with Crippen LogP contribution in [-0.2, 0) is 17.9 Å². The smallest absolute Gasteiger partial charge is 0.221 e. The first-order valence-corrected chi connectivity index (χ1v) is 9.01. The summed E-state index contributed by atoms with van der Waals surface area (Å²) in [7, 11) is 3.68. The summed E-state index contributed by atoms with van der Waals surface area (Å²) < 4.78 is 5.44. The van der Waals surface area contributed by atoms with Gasteiger partial charge in [-0.2, -0.15) is 0 Å². The van der Waals surface area contributed by atoms with Crippen molar-refractivity contribution in [3.05, 3.63) is 59.7 Å². The largest absolute Gasteiger partial charge is 0.496 e. The van der Waals surface area contributed by atoms with E-state index in [2.05, 4.69) is 21.6 Å². The second-order valence-corrected chi connectivity index (χ2v) is 6.22. The number of nitrogens with zero attached hydrogens (tertiary/aromatic N) is 2. The summed E-state index contributed by atoms with van der Waals surface area (Å²) in [5, 5.41) is 6.12. The van der Waals surface area contributed by atoms with E-state index in [4.69, 9.17) is 9.73 Å². The van der Waals surface area contributed by atoms with Crippen molar-refractivity contribution in [2.75, 3.05) is 26.0 Å². The number of nitrogens with one attached hydrogen (secondary N) is 2. The third kappa shape index (κ3) is 6.33. The van der Waals surface area contributed by atoms with Gasteiger partial charge in [0.15, 0.2) is 5.96 Å². The predicted molar refractivity (Wildman–Crippen MR) is 110 cm³/mol. The van der Waals surface area contributed by atoms with Crippen LogP contribution in [0, 0.1) is 0 Å². The molecule has 6 nitrogen and oxygen atoms in total. The Morgan fingerprint density at radius 1 is 1.19 bits per heavy atom. The van der Waals surface area contributed by atoms with E-state index in [9.17, 15) is 4.79 Å². The predicted octanol–water partition coefficient (Wildman–Crippen LogP) is 3.25. The summed E-state index contributed by atoms with van der Waals surface area (Å²) in [6.07, 6.45) is 0. The average Bonchev–Trinajstić information content (AvgIpc) is 2.65. The molecule has 2 aromatic carbocycles. The zero-order chi connectivity index (χ0) is 19.6. The van der Waals surface area contributed by atoms with Crippen molar-refractivity contribution < 1.29 is 9.53 Å². The van der Waals surface area contributed by atoms with Crippen LogP contribution in [0.25, 0.3) is 0 Å². The topological polar surface area (TPSA) is 66.0 Å². The number of aliphatic imine (C=N–C) groups is 1. The van der Waals surface area contributed by atoms with Gasteiger partial charge < -0.3 is 20.3 Å². The molecule has 0 aliphatic heterocycles. The SMILES string of the molecule is CCNC(=NCc1cccc(NC(C)=O)c1)N(C)Cc1ccccc1OC. The fourth-order valence-electron chi connectivity index (χ4n) is 2.75. The van der Waals surface area contributed by atoms with Crippen LogP contribution in [0.2, 0.25) is 0 Å². The zero-order valence-corrected chi connectivity index (χ0v) is 16.5. The third-order valence-electron chi connectivity index (χ3n) is 3.96. The summed E-state index contributed by atoms with van der Waals surface area (Å²) in [4.78, 5) is 18.0. The van der Waals surface area contributed by atoms with Crippen LogP contribution in [0.4, 0.5) is 5.69 Å². The molecular weight excluding hydrogens is 340 g/mol. The number of rotatable bonds is 7. The Labute approximate surface area is 161 Å². The molecule has 0 aliphatic rings. The fourth-order valence-corrected chi connectivity index (χ4v) is 2.75. The number of hydrogen-bond donors (Lipinski definition) is 2. The molecule has 2 aromatic rings. The molecular formula is C21H28N4O2. The molecule has 0 aromatic heterocycles. The van der Waals surface area contributed by atoms with Gasteiger partial charge in [-0.15, -0.1) is 0 Å². The van der Waals surface area contributed by atoms with Crippen molar-refractivity contribution in [2.45, 2.75) is 26.9 Å². The van der Waals surface area contributed by atoms with Crippen molar-refractivity contribution in [3.8, 4) is 5.75 Å². The maximum Gasteiger partial charge on any atom is 0.221 e. The first kappa shape index (κ1) is 20.3. The Balaban J connectivity index is 2.12. The van der Waals surface area contributed by atoms with Crippen LogP contribution < -0.4 is 15.4 Å². The van der Waals surface area contributed by atoms with Crippen molar-refractivity contribution in [1.29, 1.82) is 0 Å². The minimum Gasteiger partial charge on any atom is -0.496 e. The van der Waals surface area contributed by atoms with E-state index in [1.165, 1.54) is 6.92 Å². The number of carbonyl (C=O) groups is 1. The van der Waals surface area contributed by atoms with Crippen molar-refractivity contribution in [3.63, 3.8) is 0 Å². The fraction of sp³-hybridized carbons (Fsp3) is 0.333. The van der Waals surface area contributed by atoms with Crippen LogP contribution in [-0.4, -0.2) is 37.5 Å². The van der Waals surface area contributed by atoms with Crippen LogP contribution in [0.1, 0.15) is 25.0 Å². The third-order valence-corrected chi connectivity index (χ3v) is 3.96. The highest BCUT2D eigenvalue weighted by atomic mass is 16.5. The molecule has 0 spiro atoms. The van der Waals surface area contributed by atoms with Crippen molar-refractivity contribution in [1.82, 2.24) is 10.2 Å². The number of para-hydroxylation sites is 1. The zero-order valence-electron chi connectivity index (χ0n) is 16.5. The minimum absolute atomic E-state index is 0.0828. The molecule has 0 saturated carbocycles. The molecule has 0 saturated heterocycles. The van der Waals surface area contributed by atoms with Crippen molar-refractivity contribution in [2.24, 2.45) is 4.99 Å². The Morgan fingerprint density at radius 3 is 2.67 bits per heavy atom. The number of anilines is 1. The Morgan fingerprint density at radius 2 is 1.96 bits per heavy atom. The molecule has 0 atom stereocenters. The van der Waals surface area contributed by atoms with Crippen LogP contribution in [0.3, 0.4) is 0 Å². The van der Waals surface area contributed by atoms with E-state index in [-0.39, 0.29) is 5.91 Å². The average molecular weight is 368 g/mol. The molecule has 2 rings (SSSR count). The summed E-state index contributed by atoms with van der Waals surface area (Å²) in [5.41, 5.74) is 2.91. The van der Waals surface area contributed by atoms with E-state index < -0.39 is 0 Å². The van der Waals surface area contributed by atoms with Gasteiger partial charge in [-0.25, -0.2) is 4.99 Å². The van der Waals surface area contributed by atoms with Crippen LogP contribution in [0.15, 0.2) is 53.5 Å². The number of carbonyl (C=O) groups excluding carboxylic acids is 1. The lowest BCUT2D eigenvalue weighted by atomic mass is 10.2.